The van der Waals surface area contributed by atoms with Crippen LogP contribution in [-0.2, 0) is 9.47 Å². The van der Waals surface area contributed by atoms with E-state index in [1.807, 2.05) is 0 Å². The molecule has 0 saturated heterocycles. The SMILES string of the molecule is CCCCC[C@@H]1[C@H](O)[C@@H]2C(Cl)=C(Cl)[C@H]1C2(OC)OC. The van der Waals surface area contributed by atoms with Crippen LogP contribution in [0.15, 0.2) is 10.1 Å². The van der Waals surface area contributed by atoms with Gasteiger partial charge in [0, 0.05) is 24.3 Å². The Hall–Kier alpha value is 0.200. The molecule has 1 saturated carbocycles. The zero-order valence-corrected chi connectivity index (χ0v) is 13.2. The fourth-order valence-electron chi connectivity index (χ4n) is 3.72. The fourth-order valence-corrected chi connectivity index (χ4v) is 4.55. The molecule has 0 unspecified atom stereocenters. The topological polar surface area (TPSA) is 38.7 Å². The number of unbranched alkanes of at least 4 members (excludes halogenated alkanes) is 2. The third kappa shape index (κ3) is 2.14. The zero-order chi connectivity index (χ0) is 14.2. The third-order valence-corrected chi connectivity index (χ3v) is 5.60. The van der Waals surface area contributed by atoms with Crippen LogP contribution in [-0.4, -0.2) is 31.2 Å². The van der Waals surface area contributed by atoms with Crippen LogP contribution in [0.1, 0.15) is 32.6 Å². The molecular weight excluding hydrogens is 287 g/mol. The van der Waals surface area contributed by atoms with Crippen molar-refractivity contribution in [2.45, 2.75) is 44.5 Å². The number of aliphatic hydroxyl groups is 1. The van der Waals surface area contributed by atoms with Crippen molar-refractivity contribution in [3.8, 4) is 0 Å². The Labute approximate surface area is 124 Å². The lowest BCUT2D eigenvalue weighted by Crippen LogP contribution is -2.42. The molecule has 1 N–H and O–H groups in total. The summed E-state index contributed by atoms with van der Waals surface area (Å²) in [6.45, 7) is 2.16. The summed E-state index contributed by atoms with van der Waals surface area (Å²) in [5.74, 6) is -1.36. The largest absolute Gasteiger partial charge is 0.392 e. The van der Waals surface area contributed by atoms with Gasteiger partial charge in [0.1, 0.15) is 0 Å². The summed E-state index contributed by atoms with van der Waals surface area (Å²) in [5, 5.41) is 11.6. The van der Waals surface area contributed by atoms with Crippen LogP contribution in [0.3, 0.4) is 0 Å². The highest BCUT2D eigenvalue weighted by molar-refractivity contribution is 6.40. The molecule has 2 aliphatic rings. The Bertz CT molecular complexity index is 366. The standard InChI is InChI=1S/C14H22Cl2O3/c1-4-5-6-7-8-9-11(15)12(16)10(13(8)17)14(9,18-2)19-3/h8-10,13,17H,4-7H2,1-3H3/t8-,9-,10-,13-/m0/s1. The first-order valence-electron chi connectivity index (χ1n) is 6.88. The van der Waals surface area contributed by atoms with E-state index in [0.29, 0.717) is 10.1 Å². The monoisotopic (exact) mass is 308 g/mol. The molecule has 5 heteroatoms. The van der Waals surface area contributed by atoms with Gasteiger partial charge in [-0.05, 0) is 12.3 Å². The highest BCUT2D eigenvalue weighted by Gasteiger charge is 2.68. The maximum Gasteiger partial charge on any atom is 0.185 e. The normalized spacial score (nSPS) is 36.3. The molecular formula is C14H22Cl2O3. The van der Waals surface area contributed by atoms with Gasteiger partial charge < -0.3 is 14.6 Å². The quantitative estimate of drug-likeness (QED) is 0.603. The minimum atomic E-state index is -0.898. The second kappa shape index (κ2) is 5.90. The minimum absolute atomic E-state index is 0.0615. The molecule has 2 bridgehead atoms. The highest BCUT2D eigenvalue weighted by Crippen LogP contribution is 2.62. The van der Waals surface area contributed by atoms with E-state index in [1.165, 1.54) is 0 Å². The molecule has 4 atom stereocenters. The molecule has 0 aromatic rings. The maximum absolute atomic E-state index is 10.5. The lowest BCUT2D eigenvalue weighted by molar-refractivity contribution is -0.236. The molecule has 0 aromatic heterocycles. The Morgan fingerprint density at radius 1 is 1.11 bits per heavy atom. The van der Waals surface area contributed by atoms with E-state index in [9.17, 15) is 5.11 Å². The van der Waals surface area contributed by atoms with Crippen molar-refractivity contribution >= 4 is 23.2 Å². The molecule has 2 rings (SSSR count). The minimum Gasteiger partial charge on any atom is -0.392 e. The summed E-state index contributed by atoms with van der Waals surface area (Å²) in [5.41, 5.74) is 0. The maximum atomic E-state index is 10.5. The number of rotatable bonds is 6. The highest BCUT2D eigenvalue weighted by atomic mass is 35.5. The van der Waals surface area contributed by atoms with Crippen LogP contribution in [0, 0.1) is 17.8 Å². The van der Waals surface area contributed by atoms with E-state index >= 15 is 0 Å². The summed E-state index contributed by atoms with van der Waals surface area (Å²) in [6.07, 6.45) is 3.76. The van der Waals surface area contributed by atoms with Crippen LogP contribution in [0.4, 0.5) is 0 Å². The second-order valence-electron chi connectivity index (χ2n) is 5.43. The van der Waals surface area contributed by atoms with Gasteiger partial charge in [0.15, 0.2) is 5.79 Å². The van der Waals surface area contributed by atoms with Gasteiger partial charge in [-0.25, -0.2) is 0 Å². The molecule has 19 heavy (non-hydrogen) atoms. The van der Waals surface area contributed by atoms with Crippen molar-refractivity contribution in [3.63, 3.8) is 0 Å². The number of hydrogen-bond acceptors (Lipinski definition) is 3. The van der Waals surface area contributed by atoms with Crippen molar-refractivity contribution in [1.29, 1.82) is 0 Å². The van der Waals surface area contributed by atoms with Crippen LogP contribution in [0.2, 0.25) is 0 Å². The average molecular weight is 309 g/mol. The molecule has 2 aliphatic carbocycles. The summed E-state index contributed by atoms with van der Waals surface area (Å²) < 4.78 is 11.2. The first kappa shape index (κ1) is 15.6. The van der Waals surface area contributed by atoms with E-state index in [2.05, 4.69) is 6.92 Å². The fraction of sp³-hybridized carbons (Fsp3) is 0.857. The van der Waals surface area contributed by atoms with Crippen LogP contribution in [0.5, 0.6) is 0 Å². The lowest BCUT2D eigenvalue weighted by Gasteiger charge is -2.32. The smallest absolute Gasteiger partial charge is 0.185 e. The summed E-state index contributed by atoms with van der Waals surface area (Å²) >= 11 is 12.6. The van der Waals surface area contributed by atoms with Crippen molar-refractivity contribution < 1.29 is 14.6 Å². The molecule has 3 nitrogen and oxygen atoms in total. The lowest BCUT2D eigenvalue weighted by atomic mass is 9.86. The van der Waals surface area contributed by atoms with Gasteiger partial charge in [0.25, 0.3) is 0 Å². The second-order valence-corrected chi connectivity index (χ2v) is 6.25. The average Bonchev–Trinajstić information content (AvgIpc) is 2.78. The van der Waals surface area contributed by atoms with Gasteiger partial charge >= 0.3 is 0 Å². The predicted octanol–water partition coefficient (Wildman–Crippen LogP) is 3.48. The number of hydrogen-bond donors (Lipinski definition) is 1. The Morgan fingerprint density at radius 3 is 2.16 bits per heavy atom. The summed E-state index contributed by atoms with van der Waals surface area (Å²) in [6, 6.07) is 0. The van der Waals surface area contributed by atoms with Crippen LogP contribution >= 0.6 is 23.2 Å². The van der Waals surface area contributed by atoms with Gasteiger partial charge in [-0.1, -0.05) is 49.4 Å². The zero-order valence-electron chi connectivity index (χ0n) is 11.7. The number of fused-ring (bicyclic) bond motifs is 2. The predicted molar refractivity (Wildman–Crippen MR) is 76.1 cm³/mol. The molecule has 1 fully saturated rings. The first-order chi connectivity index (χ1) is 9.05. The van der Waals surface area contributed by atoms with E-state index in [0.717, 1.165) is 25.7 Å². The van der Waals surface area contributed by atoms with Gasteiger partial charge in [-0.15, -0.1) is 0 Å². The van der Waals surface area contributed by atoms with Gasteiger partial charge in [-0.3, -0.25) is 0 Å². The van der Waals surface area contributed by atoms with E-state index in [4.69, 9.17) is 32.7 Å². The number of halogens is 2. The van der Waals surface area contributed by atoms with E-state index < -0.39 is 11.9 Å². The van der Waals surface area contributed by atoms with Crippen molar-refractivity contribution in [1.82, 2.24) is 0 Å². The van der Waals surface area contributed by atoms with E-state index in [-0.39, 0.29) is 17.8 Å². The molecule has 0 spiro atoms. The van der Waals surface area contributed by atoms with Crippen molar-refractivity contribution in [2.75, 3.05) is 14.2 Å². The van der Waals surface area contributed by atoms with Crippen LogP contribution in [0.25, 0.3) is 0 Å². The first-order valence-corrected chi connectivity index (χ1v) is 7.64. The van der Waals surface area contributed by atoms with Gasteiger partial charge in [0.2, 0.25) is 0 Å². The molecule has 0 radical (unpaired) electrons. The molecule has 0 aliphatic heterocycles. The van der Waals surface area contributed by atoms with Crippen LogP contribution < -0.4 is 0 Å². The van der Waals surface area contributed by atoms with E-state index in [1.54, 1.807) is 14.2 Å². The Kier molecular flexibility index (Phi) is 4.84. The third-order valence-electron chi connectivity index (χ3n) is 4.63. The van der Waals surface area contributed by atoms with Crippen molar-refractivity contribution in [2.24, 2.45) is 17.8 Å². The summed E-state index contributed by atoms with van der Waals surface area (Å²) in [7, 11) is 3.18. The number of aliphatic hydroxyl groups excluding tert-OH is 1. The van der Waals surface area contributed by atoms with Gasteiger partial charge in [0.05, 0.1) is 17.9 Å². The summed E-state index contributed by atoms with van der Waals surface area (Å²) in [4.78, 5) is 0. The number of methoxy groups -OCH3 is 2. The molecule has 0 aromatic carbocycles. The van der Waals surface area contributed by atoms with Crippen molar-refractivity contribution in [3.05, 3.63) is 10.1 Å². The number of ether oxygens (including phenoxy) is 2. The Balaban J connectivity index is 2.26. The molecule has 0 heterocycles. The van der Waals surface area contributed by atoms with Gasteiger partial charge in [-0.2, -0.15) is 0 Å². The molecule has 110 valence electrons. The molecule has 0 amide bonds. The Morgan fingerprint density at radius 2 is 1.68 bits per heavy atom.